The van der Waals surface area contributed by atoms with Gasteiger partial charge in [-0.05, 0) is 48.9 Å². The molecular weight excluding hydrogens is 497 g/mol. The van der Waals surface area contributed by atoms with Crippen LogP contribution in [0, 0.1) is 5.92 Å². The van der Waals surface area contributed by atoms with Gasteiger partial charge < -0.3 is 15.4 Å². The number of hydrogen-bond acceptors (Lipinski definition) is 5. The van der Waals surface area contributed by atoms with E-state index in [1.54, 1.807) is 6.92 Å². The Morgan fingerprint density at radius 1 is 1.21 bits per heavy atom. The third-order valence-corrected chi connectivity index (χ3v) is 7.10. The van der Waals surface area contributed by atoms with Gasteiger partial charge in [0.2, 0.25) is 0 Å². The summed E-state index contributed by atoms with van der Waals surface area (Å²) in [5, 5.41) is 0. The van der Waals surface area contributed by atoms with Crippen LogP contribution >= 0.6 is 0 Å². The molecule has 2 N–H and O–H groups in total. The van der Waals surface area contributed by atoms with Gasteiger partial charge in [-0.2, -0.15) is 13.2 Å². The van der Waals surface area contributed by atoms with Gasteiger partial charge in [0.05, 0.1) is 36.9 Å². The van der Waals surface area contributed by atoms with Crippen molar-refractivity contribution in [3.05, 3.63) is 70.8 Å². The first-order valence-corrected chi connectivity index (χ1v) is 12.8. The van der Waals surface area contributed by atoms with E-state index in [4.69, 9.17) is 10.5 Å². The number of alkyl halides is 3. The second-order valence-electron chi connectivity index (χ2n) is 10.3. The van der Waals surface area contributed by atoms with Gasteiger partial charge in [0.15, 0.2) is 11.5 Å². The summed E-state index contributed by atoms with van der Waals surface area (Å²) in [5.41, 5.74) is 4.63. The Morgan fingerprint density at radius 3 is 2.55 bits per heavy atom. The standard InChI is InChI=1S/C28H33F3N4O3/c1-18(2)11-12-27(21-7-5-4-6-8-21)25(37)35(26(32)33-27)16-20-9-10-23(28(29,30)31)22(15-20)24(36)34-13-14-38-17-19(34)3/h4-10,15,18-19H,11-14,16-17H2,1-3H3,(H2,32,33). The van der Waals surface area contributed by atoms with Crippen LogP contribution in [0.3, 0.4) is 0 Å². The van der Waals surface area contributed by atoms with E-state index in [1.807, 2.05) is 30.3 Å². The van der Waals surface area contributed by atoms with Crippen LogP contribution in [-0.2, 0) is 27.8 Å². The van der Waals surface area contributed by atoms with Crippen LogP contribution in [-0.4, -0.2) is 53.4 Å². The van der Waals surface area contributed by atoms with E-state index in [9.17, 15) is 22.8 Å². The average Bonchev–Trinajstić information content (AvgIpc) is 3.12. The fourth-order valence-corrected chi connectivity index (χ4v) is 4.97. The molecule has 10 heteroatoms. The van der Waals surface area contributed by atoms with E-state index in [0.717, 1.165) is 12.5 Å². The van der Waals surface area contributed by atoms with E-state index in [1.165, 1.54) is 21.9 Å². The van der Waals surface area contributed by atoms with Crippen LogP contribution < -0.4 is 5.73 Å². The molecule has 38 heavy (non-hydrogen) atoms. The fourth-order valence-electron chi connectivity index (χ4n) is 4.97. The van der Waals surface area contributed by atoms with E-state index in [-0.39, 0.29) is 44.2 Å². The van der Waals surface area contributed by atoms with Crippen molar-refractivity contribution in [3.63, 3.8) is 0 Å². The highest BCUT2D eigenvalue weighted by Gasteiger charge is 2.49. The summed E-state index contributed by atoms with van der Waals surface area (Å²) in [6.45, 7) is 6.43. The number of hydrogen-bond donors (Lipinski definition) is 1. The number of amides is 2. The van der Waals surface area contributed by atoms with Crippen LogP contribution in [0.5, 0.6) is 0 Å². The highest BCUT2D eigenvalue weighted by atomic mass is 19.4. The Morgan fingerprint density at radius 2 is 1.92 bits per heavy atom. The second kappa shape index (κ2) is 10.8. The summed E-state index contributed by atoms with van der Waals surface area (Å²) in [5.74, 6) is -0.742. The van der Waals surface area contributed by atoms with Crippen molar-refractivity contribution in [2.45, 2.75) is 57.9 Å². The molecule has 0 saturated carbocycles. The highest BCUT2D eigenvalue weighted by Crippen LogP contribution is 2.39. The van der Waals surface area contributed by atoms with Crippen molar-refractivity contribution in [3.8, 4) is 0 Å². The number of benzene rings is 2. The number of aliphatic imine (C=N–C) groups is 1. The first-order valence-electron chi connectivity index (χ1n) is 12.8. The van der Waals surface area contributed by atoms with Crippen LogP contribution in [0.15, 0.2) is 53.5 Å². The lowest BCUT2D eigenvalue weighted by molar-refractivity contribution is -0.138. The normalized spacial score (nSPS) is 22.2. The maximum Gasteiger partial charge on any atom is 0.417 e. The molecular formula is C28H33F3N4O3. The largest absolute Gasteiger partial charge is 0.417 e. The van der Waals surface area contributed by atoms with Crippen molar-refractivity contribution in [1.29, 1.82) is 0 Å². The summed E-state index contributed by atoms with van der Waals surface area (Å²) < 4.78 is 47.0. The van der Waals surface area contributed by atoms with Crippen LogP contribution in [0.2, 0.25) is 0 Å². The molecule has 0 radical (unpaired) electrons. The minimum atomic E-state index is -4.72. The fraction of sp³-hybridized carbons (Fsp3) is 0.464. The van der Waals surface area contributed by atoms with Gasteiger partial charge in [0.25, 0.3) is 11.8 Å². The molecule has 0 spiro atoms. The number of halogens is 3. The predicted octanol–water partition coefficient (Wildman–Crippen LogP) is 4.55. The van der Waals surface area contributed by atoms with Gasteiger partial charge in [-0.1, -0.05) is 50.2 Å². The number of rotatable bonds is 7. The summed E-state index contributed by atoms with van der Waals surface area (Å²) in [6.07, 6.45) is -3.55. The van der Waals surface area contributed by atoms with Crippen LogP contribution in [0.25, 0.3) is 0 Å². The maximum absolute atomic E-state index is 13.9. The molecule has 2 aromatic rings. The molecule has 7 nitrogen and oxygen atoms in total. The number of carbonyl (C=O) groups excluding carboxylic acids is 2. The van der Waals surface area contributed by atoms with Crippen molar-refractivity contribution >= 4 is 17.8 Å². The molecule has 2 atom stereocenters. The third-order valence-electron chi connectivity index (χ3n) is 7.10. The molecule has 4 rings (SSSR count). The number of nitrogens with two attached hydrogens (primary N) is 1. The Balaban J connectivity index is 1.68. The van der Waals surface area contributed by atoms with Crippen LogP contribution in [0.4, 0.5) is 13.2 Å². The third kappa shape index (κ3) is 5.41. The first-order chi connectivity index (χ1) is 17.9. The Hall–Kier alpha value is -3.40. The monoisotopic (exact) mass is 530 g/mol. The zero-order chi connectivity index (χ0) is 27.7. The zero-order valence-electron chi connectivity index (χ0n) is 21.8. The SMILES string of the molecule is CC(C)CCC1(c2ccccc2)N=C(N)N(Cc2ccc(C(F)(F)F)c(C(=O)N3CCOCC3C)c2)C1=O. The van der Waals surface area contributed by atoms with Gasteiger partial charge >= 0.3 is 6.18 Å². The number of nitrogens with zero attached hydrogens (tertiary/aromatic N) is 3. The molecule has 2 aromatic carbocycles. The summed E-state index contributed by atoms with van der Waals surface area (Å²) in [6, 6.07) is 12.2. The number of carbonyl (C=O) groups is 2. The number of ether oxygens (including phenoxy) is 1. The van der Waals surface area contributed by atoms with E-state index < -0.39 is 28.7 Å². The maximum atomic E-state index is 13.9. The highest BCUT2D eigenvalue weighted by molar-refractivity contribution is 6.07. The molecule has 0 aromatic heterocycles. The van der Waals surface area contributed by atoms with Gasteiger partial charge in [0.1, 0.15) is 0 Å². The second-order valence-corrected chi connectivity index (χ2v) is 10.3. The summed E-state index contributed by atoms with van der Waals surface area (Å²) >= 11 is 0. The van der Waals surface area contributed by atoms with Gasteiger partial charge in [-0.3, -0.25) is 14.5 Å². The average molecular weight is 531 g/mol. The lowest BCUT2D eigenvalue weighted by atomic mass is 9.83. The van der Waals surface area contributed by atoms with Gasteiger partial charge in [0, 0.05) is 6.54 Å². The molecule has 2 aliphatic heterocycles. The topological polar surface area (TPSA) is 88.2 Å². The molecule has 1 fully saturated rings. The van der Waals surface area contributed by atoms with Gasteiger partial charge in [-0.15, -0.1) is 0 Å². The molecule has 2 aliphatic rings. The molecule has 0 bridgehead atoms. The Labute approximate surface area is 220 Å². The van der Waals surface area contributed by atoms with E-state index in [0.29, 0.717) is 23.5 Å². The molecule has 1 saturated heterocycles. The van der Waals surface area contributed by atoms with Crippen LogP contribution in [0.1, 0.15) is 60.7 Å². The minimum absolute atomic E-state index is 0.00261. The van der Waals surface area contributed by atoms with E-state index in [2.05, 4.69) is 18.8 Å². The zero-order valence-corrected chi connectivity index (χ0v) is 21.8. The van der Waals surface area contributed by atoms with Crippen molar-refractivity contribution in [2.24, 2.45) is 16.6 Å². The summed E-state index contributed by atoms with van der Waals surface area (Å²) in [4.78, 5) is 34.4. The molecule has 0 aliphatic carbocycles. The molecule has 204 valence electrons. The molecule has 2 unspecified atom stereocenters. The Bertz CT molecular complexity index is 1220. The smallest absolute Gasteiger partial charge is 0.377 e. The molecule has 2 amide bonds. The first kappa shape index (κ1) is 27.6. The summed E-state index contributed by atoms with van der Waals surface area (Å²) in [7, 11) is 0. The quantitative estimate of drug-likeness (QED) is 0.569. The number of morpholine rings is 1. The van der Waals surface area contributed by atoms with Crippen molar-refractivity contribution in [1.82, 2.24) is 9.80 Å². The van der Waals surface area contributed by atoms with E-state index >= 15 is 0 Å². The minimum Gasteiger partial charge on any atom is -0.377 e. The lowest BCUT2D eigenvalue weighted by Gasteiger charge is -2.34. The lowest BCUT2D eigenvalue weighted by Crippen LogP contribution is -2.47. The number of guanidine groups is 1. The Kier molecular flexibility index (Phi) is 7.83. The van der Waals surface area contributed by atoms with Crippen molar-refractivity contribution in [2.75, 3.05) is 19.8 Å². The van der Waals surface area contributed by atoms with Gasteiger partial charge in [-0.25, -0.2) is 4.99 Å². The predicted molar refractivity (Wildman–Crippen MR) is 137 cm³/mol. The van der Waals surface area contributed by atoms with Crippen molar-refractivity contribution < 1.29 is 27.5 Å². The molecule has 2 heterocycles.